The van der Waals surface area contributed by atoms with Gasteiger partial charge in [-0.25, -0.2) is 0 Å². The number of aromatic nitrogens is 2. The van der Waals surface area contributed by atoms with Crippen molar-refractivity contribution in [3.8, 4) is 0 Å². The summed E-state index contributed by atoms with van der Waals surface area (Å²) in [5, 5.41) is 12.6. The monoisotopic (exact) mass is 250 g/mol. The second-order valence-corrected chi connectivity index (χ2v) is 4.37. The molecule has 1 heterocycles. The number of nitrogens with one attached hydrogen (secondary N) is 1. The fourth-order valence-electron chi connectivity index (χ4n) is 1.98. The standard InChI is InChI=1S/C15H14N4/c16-12-7-5-11(6-8-12)9-17-15-10-18-19-14-4-2-1-3-13(14)15/h1-8,10H,9,16H2,(H,17,19). The molecule has 2 aromatic carbocycles. The SMILES string of the molecule is Nc1ccc(CNc2cnnc3ccccc23)cc1. The Labute approximate surface area is 111 Å². The lowest BCUT2D eigenvalue weighted by atomic mass is 10.2. The molecule has 0 radical (unpaired) electrons. The number of nitrogen functional groups attached to an aromatic ring is 1. The first kappa shape index (κ1) is 11.5. The van der Waals surface area contributed by atoms with Gasteiger partial charge in [0.25, 0.3) is 0 Å². The van der Waals surface area contributed by atoms with Crippen LogP contribution in [-0.2, 0) is 6.54 Å². The van der Waals surface area contributed by atoms with Gasteiger partial charge in [0.1, 0.15) is 0 Å². The van der Waals surface area contributed by atoms with Gasteiger partial charge < -0.3 is 11.1 Å². The number of rotatable bonds is 3. The Balaban J connectivity index is 1.84. The molecule has 0 aliphatic carbocycles. The second kappa shape index (κ2) is 4.94. The van der Waals surface area contributed by atoms with E-state index in [-0.39, 0.29) is 0 Å². The lowest BCUT2D eigenvalue weighted by Gasteiger charge is -2.08. The fourth-order valence-corrected chi connectivity index (χ4v) is 1.98. The molecule has 0 saturated carbocycles. The lowest BCUT2D eigenvalue weighted by Crippen LogP contribution is -2.01. The molecule has 0 fully saturated rings. The zero-order valence-electron chi connectivity index (χ0n) is 10.4. The highest BCUT2D eigenvalue weighted by atomic mass is 15.1. The molecule has 0 aliphatic heterocycles. The Morgan fingerprint density at radius 3 is 2.63 bits per heavy atom. The number of fused-ring (bicyclic) bond motifs is 1. The predicted octanol–water partition coefficient (Wildman–Crippen LogP) is 2.82. The molecule has 3 N–H and O–H groups in total. The highest BCUT2D eigenvalue weighted by molar-refractivity contribution is 5.90. The van der Waals surface area contributed by atoms with Crippen molar-refractivity contribution in [2.24, 2.45) is 0 Å². The van der Waals surface area contributed by atoms with Gasteiger partial charge in [-0.2, -0.15) is 10.2 Å². The van der Waals surface area contributed by atoms with Crippen molar-refractivity contribution in [2.45, 2.75) is 6.54 Å². The first-order chi connectivity index (χ1) is 9.33. The molecule has 3 aromatic rings. The molecule has 94 valence electrons. The van der Waals surface area contributed by atoms with Crippen molar-refractivity contribution in [1.29, 1.82) is 0 Å². The first-order valence-electron chi connectivity index (χ1n) is 6.11. The Kier molecular flexibility index (Phi) is 2.98. The van der Waals surface area contributed by atoms with Crippen molar-refractivity contribution >= 4 is 22.3 Å². The predicted molar refractivity (Wildman–Crippen MR) is 77.7 cm³/mol. The van der Waals surface area contributed by atoms with E-state index in [1.54, 1.807) is 6.20 Å². The van der Waals surface area contributed by atoms with Gasteiger partial charge in [-0.3, -0.25) is 0 Å². The summed E-state index contributed by atoms with van der Waals surface area (Å²) < 4.78 is 0. The largest absolute Gasteiger partial charge is 0.399 e. The molecule has 0 unspecified atom stereocenters. The van der Waals surface area contributed by atoms with E-state index in [4.69, 9.17) is 5.73 Å². The molecule has 0 saturated heterocycles. The van der Waals surface area contributed by atoms with Crippen LogP contribution in [-0.4, -0.2) is 10.2 Å². The number of anilines is 2. The summed E-state index contributed by atoms with van der Waals surface area (Å²) in [7, 11) is 0. The summed E-state index contributed by atoms with van der Waals surface area (Å²) in [6, 6.07) is 15.8. The third-order valence-corrected chi connectivity index (χ3v) is 3.01. The molecular weight excluding hydrogens is 236 g/mol. The van der Waals surface area contributed by atoms with E-state index in [0.29, 0.717) is 0 Å². The zero-order chi connectivity index (χ0) is 13.1. The van der Waals surface area contributed by atoms with Gasteiger partial charge in [-0.15, -0.1) is 0 Å². The molecule has 4 heteroatoms. The third kappa shape index (κ3) is 2.47. The molecule has 0 aliphatic rings. The summed E-state index contributed by atoms with van der Waals surface area (Å²) >= 11 is 0. The van der Waals surface area contributed by atoms with Crippen molar-refractivity contribution in [1.82, 2.24) is 10.2 Å². The van der Waals surface area contributed by atoms with Crippen LogP contribution in [0, 0.1) is 0 Å². The highest BCUT2D eigenvalue weighted by Crippen LogP contribution is 2.20. The van der Waals surface area contributed by atoms with E-state index < -0.39 is 0 Å². The average Bonchev–Trinajstić information content (AvgIpc) is 2.47. The van der Waals surface area contributed by atoms with E-state index >= 15 is 0 Å². The van der Waals surface area contributed by atoms with Crippen LogP contribution in [0.25, 0.3) is 10.9 Å². The topological polar surface area (TPSA) is 63.8 Å². The van der Waals surface area contributed by atoms with Crippen LogP contribution in [0.15, 0.2) is 54.7 Å². The number of nitrogens with zero attached hydrogens (tertiary/aromatic N) is 2. The van der Waals surface area contributed by atoms with Crippen LogP contribution in [0.3, 0.4) is 0 Å². The van der Waals surface area contributed by atoms with E-state index in [0.717, 1.165) is 28.8 Å². The van der Waals surface area contributed by atoms with Crippen molar-refractivity contribution in [3.05, 3.63) is 60.3 Å². The summed E-state index contributed by atoms with van der Waals surface area (Å²) in [6.07, 6.45) is 1.75. The van der Waals surface area contributed by atoms with Gasteiger partial charge in [-0.1, -0.05) is 30.3 Å². The van der Waals surface area contributed by atoms with Gasteiger partial charge >= 0.3 is 0 Å². The quantitative estimate of drug-likeness (QED) is 0.702. The van der Waals surface area contributed by atoms with Gasteiger partial charge in [0.15, 0.2) is 0 Å². The van der Waals surface area contributed by atoms with Crippen LogP contribution in [0.1, 0.15) is 5.56 Å². The zero-order valence-corrected chi connectivity index (χ0v) is 10.4. The van der Waals surface area contributed by atoms with Crippen molar-refractivity contribution in [3.63, 3.8) is 0 Å². The Bertz CT molecular complexity index is 687. The van der Waals surface area contributed by atoms with Crippen molar-refractivity contribution in [2.75, 3.05) is 11.1 Å². The summed E-state index contributed by atoms with van der Waals surface area (Å²) in [6.45, 7) is 0.732. The number of hydrogen-bond acceptors (Lipinski definition) is 4. The fraction of sp³-hybridized carbons (Fsp3) is 0.0667. The summed E-state index contributed by atoms with van der Waals surface area (Å²) in [5.74, 6) is 0. The second-order valence-electron chi connectivity index (χ2n) is 4.37. The van der Waals surface area contributed by atoms with Crippen LogP contribution < -0.4 is 11.1 Å². The molecule has 0 atom stereocenters. The maximum absolute atomic E-state index is 5.67. The van der Waals surface area contributed by atoms with Gasteiger partial charge in [0, 0.05) is 17.6 Å². The van der Waals surface area contributed by atoms with Crippen molar-refractivity contribution < 1.29 is 0 Å². The Morgan fingerprint density at radius 2 is 1.79 bits per heavy atom. The average molecular weight is 250 g/mol. The van der Waals surface area contributed by atoms with Gasteiger partial charge in [-0.05, 0) is 23.8 Å². The number of hydrogen-bond donors (Lipinski definition) is 2. The molecule has 1 aromatic heterocycles. The van der Waals surface area contributed by atoms with Gasteiger partial charge in [0.05, 0.1) is 17.4 Å². The highest BCUT2D eigenvalue weighted by Gasteiger charge is 2.01. The first-order valence-corrected chi connectivity index (χ1v) is 6.11. The minimum absolute atomic E-state index is 0.732. The number of benzene rings is 2. The molecule has 19 heavy (non-hydrogen) atoms. The van der Waals surface area contributed by atoms with Crippen LogP contribution in [0.2, 0.25) is 0 Å². The van der Waals surface area contributed by atoms with E-state index in [1.165, 1.54) is 5.56 Å². The summed E-state index contributed by atoms with van der Waals surface area (Å²) in [5.41, 5.74) is 9.50. The molecular formula is C15H14N4. The van der Waals surface area contributed by atoms with E-state index in [9.17, 15) is 0 Å². The normalized spacial score (nSPS) is 10.5. The Hall–Kier alpha value is -2.62. The maximum Gasteiger partial charge on any atom is 0.0950 e. The molecule has 0 amide bonds. The maximum atomic E-state index is 5.67. The van der Waals surface area contributed by atoms with E-state index in [1.807, 2.05) is 48.5 Å². The minimum Gasteiger partial charge on any atom is -0.399 e. The molecule has 3 rings (SSSR count). The van der Waals surface area contributed by atoms with Gasteiger partial charge in [0.2, 0.25) is 0 Å². The third-order valence-electron chi connectivity index (χ3n) is 3.01. The van der Waals surface area contributed by atoms with Crippen LogP contribution in [0.5, 0.6) is 0 Å². The van der Waals surface area contributed by atoms with E-state index in [2.05, 4.69) is 15.5 Å². The number of nitrogens with two attached hydrogens (primary N) is 1. The Morgan fingerprint density at radius 1 is 1.00 bits per heavy atom. The molecule has 0 bridgehead atoms. The van der Waals surface area contributed by atoms with Crippen LogP contribution >= 0.6 is 0 Å². The molecule has 0 spiro atoms. The van der Waals surface area contributed by atoms with Crippen LogP contribution in [0.4, 0.5) is 11.4 Å². The smallest absolute Gasteiger partial charge is 0.0950 e. The minimum atomic E-state index is 0.732. The lowest BCUT2D eigenvalue weighted by molar-refractivity contribution is 1.06. The molecule has 4 nitrogen and oxygen atoms in total. The summed E-state index contributed by atoms with van der Waals surface area (Å²) in [4.78, 5) is 0.